The first kappa shape index (κ1) is 15.3. The van der Waals surface area contributed by atoms with Gasteiger partial charge in [-0.1, -0.05) is 41.4 Å². The average molecular weight is 326 g/mol. The number of carbonyl (C=O) groups excluding carboxylic acids is 1. The maximum Gasteiger partial charge on any atom is 0.256 e. The number of hydrogen-bond donors (Lipinski definition) is 1. The lowest BCUT2D eigenvalue weighted by molar-refractivity contribution is 0.102. The molecule has 116 valence electrons. The number of aromatic nitrogens is 2. The van der Waals surface area contributed by atoms with Gasteiger partial charge in [-0.25, -0.2) is 0 Å². The highest BCUT2D eigenvalue weighted by atomic mass is 35.5. The van der Waals surface area contributed by atoms with Gasteiger partial charge in [0.15, 0.2) is 5.82 Å². The van der Waals surface area contributed by atoms with Crippen LogP contribution in [-0.4, -0.2) is 15.7 Å². The van der Waals surface area contributed by atoms with Crippen molar-refractivity contribution in [2.75, 3.05) is 5.32 Å². The van der Waals surface area contributed by atoms with Crippen molar-refractivity contribution in [3.05, 3.63) is 82.5 Å². The number of hydrogen-bond acceptors (Lipinski definition) is 2. The summed E-state index contributed by atoms with van der Waals surface area (Å²) in [4.78, 5) is 12.2. The highest BCUT2D eigenvalue weighted by Gasteiger charge is 2.08. The van der Waals surface area contributed by atoms with E-state index in [0.29, 0.717) is 22.9 Å². The summed E-state index contributed by atoms with van der Waals surface area (Å²) in [6.07, 6.45) is 1.83. The largest absolute Gasteiger partial charge is 0.305 e. The van der Waals surface area contributed by atoms with Crippen molar-refractivity contribution in [1.82, 2.24) is 9.78 Å². The smallest absolute Gasteiger partial charge is 0.256 e. The SMILES string of the molecule is Cc1ccc(C(=O)Nc2ccn(Cc3cccc(Cl)c3)n2)cc1. The molecule has 23 heavy (non-hydrogen) atoms. The minimum atomic E-state index is -0.169. The van der Waals surface area contributed by atoms with Gasteiger partial charge in [-0.05, 0) is 36.8 Å². The second-order valence-corrected chi connectivity index (χ2v) is 5.79. The number of halogens is 1. The molecule has 0 unspecified atom stereocenters. The van der Waals surface area contributed by atoms with E-state index in [1.165, 1.54) is 0 Å². The van der Waals surface area contributed by atoms with Crippen LogP contribution in [0.1, 0.15) is 21.5 Å². The summed E-state index contributed by atoms with van der Waals surface area (Å²) in [7, 11) is 0. The van der Waals surface area contributed by atoms with E-state index in [2.05, 4.69) is 10.4 Å². The lowest BCUT2D eigenvalue weighted by Gasteiger charge is -2.04. The van der Waals surface area contributed by atoms with Gasteiger partial charge in [-0.2, -0.15) is 5.10 Å². The quantitative estimate of drug-likeness (QED) is 0.783. The molecule has 0 saturated carbocycles. The monoisotopic (exact) mass is 325 g/mol. The summed E-state index contributed by atoms with van der Waals surface area (Å²) in [5.41, 5.74) is 2.78. The Labute approximate surface area is 139 Å². The van der Waals surface area contributed by atoms with Crippen molar-refractivity contribution in [1.29, 1.82) is 0 Å². The Morgan fingerprint density at radius 1 is 1.17 bits per heavy atom. The molecule has 4 nitrogen and oxygen atoms in total. The predicted molar refractivity (Wildman–Crippen MR) is 91.9 cm³/mol. The Morgan fingerprint density at radius 2 is 1.96 bits per heavy atom. The zero-order valence-corrected chi connectivity index (χ0v) is 13.4. The number of benzene rings is 2. The highest BCUT2D eigenvalue weighted by molar-refractivity contribution is 6.30. The summed E-state index contributed by atoms with van der Waals surface area (Å²) in [5, 5.41) is 7.85. The fraction of sp³-hybridized carbons (Fsp3) is 0.111. The van der Waals surface area contributed by atoms with E-state index in [1.807, 2.05) is 49.5 Å². The molecule has 0 radical (unpaired) electrons. The molecule has 1 N–H and O–H groups in total. The van der Waals surface area contributed by atoms with Crippen molar-refractivity contribution in [2.24, 2.45) is 0 Å². The zero-order valence-electron chi connectivity index (χ0n) is 12.7. The van der Waals surface area contributed by atoms with Crippen LogP contribution in [0.3, 0.4) is 0 Å². The van der Waals surface area contributed by atoms with Crippen molar-refractivity contribution < 1.29 is 4.79 Å². The second-order valence-electron chi connectivity index (χ2n) is 5.35. The van der Waals surface area contributed by atoms with E-state index in [4.69, 9.17) is 11.6 Å². The summed E-state index contributed by atoms with van der Waals surface area (Å²) in [5.74, 6) is 0.357. The molecule has 5 heteroatoms. The molecule has 1 aromatic heterocycles. The molecule has 0 aliphatic rings. The van der Waals surface area contributed by atoms with Gasteiger partial charge in [0, 0.05) is 22.8 Å². The Balaban J connectivity index is 1.67. The molecule has 0 atom stereocenters. The van der Waals surface area contributed by atoms with Crippen LogP contribution in [0.4, 0.5) is 5.82 Å². The Hall–Kier alpha value is -2.59. The predicted octanol–water partition coefficient (Wildman–Crippen LogP) is 4.15. The lowest BCUT2D eigenvalue weighted by Crippen LogP contribution is -2.12. The molecule has 1 amide bonds. The molecule has 0 spiro atoms. The second kappa shape index (κ2) is 6.67. The van der Waals surface area contributed by atoms with Gasteiger partial charge in [0.1, 0.15) is 0 Å². The first-order valence-electron chi connectivity index (χ1n) is 7.26. The maximum absolute atomic E-state index is 12.2. The zero-order chi connectivity index (χ0) is 16.2. The van der Waals surface area contributed by atoms with Crippen LogP contribution in [0.2, 0.25) is 5.02 Å². The number of nitrogens with one attached hydrogen (secondary N) is 1. The third-order valence-electron chi connectivity index (χ3n) is 3.43. The maximum atomic E-state index is 12.2. The molecule has 0 bridgehead atoms. The van der Waals surface area contributed by atoms with Crippen LogP contribution < -0.4 is 5.32 Å². The molecule has 0 fully saturated rings. The molecule has 0 aliphatic carbocycles. The van der Waals surface area contributed by atoms with E-state index < -0.39 is 0 Å². The van der Waals surface area contributed by atoms with Gasteiger partial charge in [-0.3, -0.25) is 9.48 Å². The Bertz CT molecular complexity index is 824. The van der Waals surface area contributed by atoms with Crippen LogP contribution >= 0.6 is 11.6 Å². The Kier molecular flexibility index (Phi) is 4.44. The summed E-state index contributed by atoms with van der Waals surface area (Å²) in [6.45, 7) is 2.58. The van der Waals surface area contributed by atoms with Gasteiger partial charge in [0.05, 0.1) is 6.54 Å². The molecule has 0 saturated heterocycles. The number of carbonyl (C=O) groups is 1. The minimum Gasteiger partial charge on any atom is -0.305 e. The molecule has 3 rings (SSSR count). The van der Waals surface area contributed by atoms with Crippen LogP contribution in [0.15, 0.2) is 60.8 Å². The molecular formula is C18H16ClN3O. The average Bonchev–Trinajstić information content (AvgIpc) is 2.95. The number of aryl methyl sites for hydroxylation is 1. The van der Waals surface area contributed by atoms with E-state index in [9.17, 15) is 4.79 Å². The van der Waals surface area contributed by atoms with Crippen molar-refractivity contribution >= 4 is 23.3 Å². The van der Waals surface area contributed by atoms with E-state index in [-0.39, 0.29) is 5.91 Å². The molecule has 0 aliphatic heterocycles. The highest BCUT2D eigenvalue weighted by Crippen LogP contribution is 2.13. The van der Waals surface area contributed by atoms with Crippen LogP contribution in [0.25, 0.3) is 0 Å². The Morgan fingerprint density at radius 3 is 2.70 bits per heavy atom. The van der Waals surface area contributed by atoms with Crippen molar-refractivity contribution in [3.63, 3.8) is 0 Å². The fourth-order valence-electron chi connectivity index (χ4n) is 2.23. The number of anilines is 1. The lowest BCUT2D eigenvalue weighted by atomic mass is 10.1. The fourth-order valence-corrected chi connectivity index (χ4v) is 2.45. The van der Waals surface area contributed by atoms with Gasteiger partial charge in [0.2, 0.25) is 0 Å². The number of amides is 1. The van der Waals surface area contributed by atoms with Crippen LogP contribution in [0.5, 0.6) is 0 Å². The number of rotatable bonds is 4. The van der Waals surface area contributed by atoms with Crippen molar-refractivity contribution in [3.8, 4) is 0 Å². The molecule has 2 aromatic carbocycles. The number of nitrogens with zero attached hydrogens (tertiary/aromatic N) is 2. The van der Waals surface area contributed by atoms with Crippen molar-refractivity contribution in [2.45, 2.75) is 13.5 Å². The summed E-state index contributed by atoms with van der Waals surface area (Å²) < 4.78 is 1.76. The van der Waals surface area contributed by atoms with E-state index >= 15 is 0 Å². The van der Waals surface area contributed by atoms with Gasteiger partial charge in [-0.15, -0.1) is 0 Å². The standard InChI is InChI=1S/C18H16ClN3O/c1-13-5-7-15(8-6-13)18(23)20-17-9-10-22(21-17)12-14-3-2-4-16(19)11-14/h2-11H,12H2,1H3,(H,20,21,23). The normalized spacial score (nSPS) is 10.5. The minimum absolute atomic E-state index is 0.169. The molecule has 3 aromatic rings. The van der Waals surface area contributed by atoms with Gasteiger partial charge in [0.25, 0.3) is 5.91 Å². The molecule has 1 heterocycles. The summed E-state index contributed by atoms with van der Waals surface area (Å²) in [6, 6.07) is 16.8. The van der Waals surface area contributed by atoms with E-state index in [1.54, 1.807) is 22.9 Å². The van der Waals surface area contributed by atoms with Crippen LogP contribution in [0, 0.1) is 6.92 Å². The first-order valence-corrected chi connectivity index (χ1v) is 7.64. The van der Waals surface area contributed by atoms with E-state index in [0.717, 1.165) is 11.1 Å². The third kappa shape index (κ3) is 3.99. The van der Waals surface area contributed by atoms with Crippen LogP contribution in [-0.2, 0) is 6.54 Å². The molecular weight excluding hydrogens is 310 g/mol. The first-order chi connectivity index (χ1) is 11.1. The summed E-state index contributed by atoms with van der Waals surface area (Å²) >= 11 is 5.98. The van der Waals surface area contributed by atoms with Gasteiger partial charge < -0.3 is 5.32 Å². The van der Waals surface area contributed by atoms with Gasteiger partial charge >= 0.3 is 0 Å². The third-order valence-corrected chi connectivity index (χ3v) is 3.66. The topological polar surface area (TPSA) is 46.9 Å².